The molecule has 0 radical (unpaired) electrons. The van der Waals surface area contributed by atoms with E-state index in [9.17, 15) is 19.2 Å². The molecule has 0 aliphatic carbocycles. The molecule has 0 aromatic heterocycles. The number of amides is 1. The van der Waals surface area contributed by atoms with Crippen molar-refractivity contribution in [1.82, 2.24) is 5.32 Å². The lowest BCUT2D eigenvalue weighted by Gasteiger charge is -2.01. The van der Waals surface area contributed by atoms with Crippen molar-refractivity contribution < 1.29 is 34.5 Å². The minimum Gasteiger partial charge on any atom is -0.481 e. The zero-order valence-electron chi connectivity index (χ0n) is 10.0. The van der Waals surface area contributed by atoms with E-state index in [1.54, 1.807) is 0 Å². The summed E-state index contributed by atoms with van der Waals surface area (Å²) in [6.07, 6.45) is 0.545. The predicted molar refractivity (Wildman–Crippen MR) is 61.3 cm³/mol. The molecule has 1 unspecified atom stereocenters. The number of carbonyl (C=O) groups is 4. The van der Waals surface area contributed by atoms with Crippen LogP contribution < -0.4 is 11.1 Å². The lowest BCUT2D eigenvalue weighted by Crippen LogP contribution is -2.32. The summed E-state index contributed by atoms with van der Waals surface area (Å²) in [5, 5.41) is 26.9. The van der Waals surface area contributed by atoms with E-state index in [0.717, 1.165) is 0 Å². The summed E-state index contributed by atoms with van der Waals surface area (Å²) in [4.78, 5) is 40.4. The Bertz CT molecular complexity index is 369. The molecular formula is C10H16N2O7. The lowest BCUT2D eigenvalue weighted by atomic mass is 10.2. The Morgan fingerprint density at radius 3 is 2.16 bits per heavy atom. The first-order valence-electron chi connectivity index (χ1n) is 5.46. The molecule has 1 fully saturated rings. The maximum atomic E-state index is 10.4. The van der Waals surface area contributed by atoms with E-state index < -0.39 is 30.0 Å². The van der Waals surface area contributed by atoms with Gasteiger partial charge in [-0.25, -0.2) is 4.79 Å². The first-order valence-corrected chi connectivity index (χ1v) is 5.46. The summed E-state index contributed by atoms with van der Waals surface area (Å²) in [6.45, 7) is 0. The summed E-state index contributed by atoms with van der Waals surface area (Å²) >= 11 is 0. The molecule has 1 aliphatic rings. The average molecular weight is 276 g/mol. The third kappa shape index (κ3) is 7.71. The molecule has 1 heterocycles. The van der Waals surface area contributed by atoms with Crippen molar-refractivity contribution >= 4 is 23.8 Å². The topological polar surface area (TPSA) is 167 Å². The first kappa shape index (κ1) is 16.8. The van der Waals surface area contributed by atoms with E-state index >= 15 is 0 Å². The van der Waals surface area contributed by atoms with Gasteiger partial charge in [-0.2, -0.15) is 0 Å². The quantitative estimate of drug-likeness (QED) is 0.409. The smallest absolute Gasteiger partial charge is 0.326 e. The van der Waals surface area contributed by atoms with Gasteiger partial charge in [0.15, 0.2) is 0 Å². The SMILES string of the molecule is N[C@@H](CCC(=O)O)C(=O)O.O=C1CCC(C(=O)O)N1. The Kier molecular flexibility index (Phi) is 7.12. The number of hydrogen-bond acceptors (Lipinski definition) is 5. The molecule has 1 saturated heterocycles. The molecule has 0 bridgehead atoms. The molecule has 1 aliphatic heterocycles. The number of hydrogen-bond donors (Lipinski definition) is 5. The maximum absolute atomic E-state index is 10.4. The molecule has 1 rings (SSSR count). The van der Waals surface area contributed by atoms with Crippen LogP contribution in [-0.2, 0) is 19.2 Å². The van der Waals surface area contributed by atoms with E-state index in [1.165, 1.54) is 0 Å². The van der Waals surface area contributed by atoms with Gasteiger partial charge < -0.3 is 26.4 Å². The minimum atomic E-state index is -1.17. The number of rotatable bonds is 5. The number of nitrogens with two attached hydrogens (primary N) is 1. The molecule has 6 N–H and O–H groups in total. The molecular weight excluding hydrogens is 260 g/mol. The van der Waals surface area contributed by atoms with E-state index in [-0.39, 0.29) is 18.7 Å². The van der Waals surface area contributed by atoms with Gasteiger partial charge in [-0.05, 0) is 12.8 Å². The van der Waals surface area contributed by atoms with Crippen LogP contribution in [0.5, 0.6) is 0 Å². The highest BCUT2D eigenvalue weighted by atomic mass is 16.4. The Morgan fingerprint density at radius 2 is 1.89 bits per heavy atom. The predicted octanol–water partition coefficient (Wildman–Crippen LogP) is -1.39. The number of aliphatic carboxylic acids is 3. The summed E-state index contributed by atoms with van der Waals surface area (Å²) in [6, 6.07) is -1.70. The van der Waals surface area contributed by atoms with Crippen molar-refractivity contribution in [2.75, 3.05) is 0 Å². The van der Waals surface area contributed by atoms with Gasteiger partial charge in [-0.3, -0.25) is 14.4 Å². The Balaban J connectivity index is 0.000000342. The number of nitrogens with one attached hydrogen (secondary N) is 1. The van der Waals surface area contributed by atoms with Gasteiger partial charge in [0, 0.05) is 12.8 Å². The van der Waals surface area contributed by atoms with Crippen LogP contribution in [0.2, 0.25) is 0 Å². The molecule has 9 heteroatoms. The third-order valence-corrected chi connectivity index (χ3v) is 2.28. The van der Waals surface area contributed by atoms with Gasteiger partial charge in [-0.1, -0.05) is 0 Å². The minimum absolute atomic E-state index is 0.0231. The summed E-state index contributed by atoms with van der Waals surface area (Å²) in [7, 11) is 0. The second-order valence-electron chi connectivity index (χ2n) is 3.87. The standard InChI is InChI=1S/C5H9NO4.C5H7NO3/c6-3(5(9)10)1-2-4(7)8;7-4-2-1-3(6-4)5(8)9/h3H,1-2,6H2,(H,7,8)(H,9,10);3H,1-2H2,(H,6,7)(H,8,9)/t3-;/m0./s1. The van der Waals surface area contributed by atoms with Crippen LogP contribution in [0.3, 0.4) is 0 Å². The second kappa shape index (κ2) is 8.03. The third-order valence-electron chi connectivity index (χ3n) is 2.28. The molecule has 0 aromatic rings. The Labute approximate surface area is 108 Å². The second-order valence-corrected chi connectivity index (χ2v) is 3.87. The van der Waals surface area contributed by atoms with Crippen molar-refractivity contribution in [3.63, 3.8) is 0 Å². The van der Waals surface area contributed by atoms with Crippen molar-refractivity contribution in [3.05, 3.63) is 0 Å². The van der Waals surface area contributed by atoms with Gasteiger partial charge in [0.05, 0.1) is 0 Å². The zero-order chi connectivity index (χ0) is 15.0. The molecule has 0 saturated carbocycles. The van der Waals surface area contributed by atoms with Gasteiger partial charge in [-0.15, -0.1) is 0 Å². The van der Waals surface area contributed by atoms with E-state index in [2.05, 4.69) is 5.32 Å². The van der Waals surface area contributed by atoms with Crippen molar-refractivity contribution in [2.45, 2.75) is 37.8 Å². The van der Waals surface area contributed by atoms with Crippen LogP contribution in [0.4, 0.5) is 0 Å². The number of carbonyl (C=O) groups excluding carboxylic acids is 1. The van der Waals surface area contributed by atoms with Crippen LogP contribution in [-0.4, -0.2) is 51.2 Å². The summed E-state index contributed by atoms with van der Waals surface area (Å²) in [5.74, 6) is -3.30. The fourth-order valence-corrected chi connectivity index (χ4v) is 1.20. The molecule has 0 spiro atoms. The van der Waals surface area contributed by atoms with Crippen molar-refractivity contribution in [3.8, 4) is 0 Å². The van der Waals surface area contributed by atoms with Crippen LogP contribution in [0.25, 0.3) is 0 Å². The average Bonchev–Trinajstić information content (AvgIpc) is 2.73. The van der Waals surface area contributed by atoms with Crippen LogP contribution in [0.15, 0.2) is 0 Å². The zero-order valence-corrected chi connectivity index (χ0v) is 10.0. The first-order chi connectivity index (χ1) is 8.73. The monoisotopic (exact) mass is 276 g/mol. The van der Waals surface area contributed by atoms with Gasteiger partial charge in [0.1, 0.15) is 12.1 Å². The molecule has 19 heavy (non-hydrogen) atoms. The lowest BCUT2D eigenvalue weighted by molar-refractivity contribution is -0.141. The molecule has 9 nitrogen and oxygen atoms in total. The fourth-order valence-electron chi connectivity index (χ4n) is 1.20. The molecule has 0 aromatic carbocycles. The highest BCUT2D eigenvalue weighted by Crippen LogP contribution is 2.05. The number of carboxylic acid groups (broad SMARTS) is 3. The molecule has 108 valence electrons. The van der Waals surface area contributed by atoms with Crippen LogP contribution >= 0.6 is 0 Å². The number of carboxylic acids is 3. The highest BCUT2D eigenvalue weighted by molar-refractivity contribution is 5.87. The maximum Gasteiger partial charge on any atom is 0.326 e. The largest absolute Gasteiger partial charge is 0.481 e. The molecule has 1 amide bonds. The Morgan fingerprint density at radius 1 is 1.32 bits per heavy atom. The summed E-state index contributed by atoms with van der Waals surface area (Å²) < 4.78 is 0. The van der Waals surface area contributed by atoms with E-state index in [0.29, 0.717) is 12.8 Å². The van der Waals surface area contributed by atoms with E-state index in [1.807, 2.05) is 0 Å². The van der Waals surface area contributed by atoms with Gasteiger partial charge >= 0.3 is 17.9 Å². The van der Waals surface area contributed by atoms with Crippen molar-refractivity contribution in [1.29, 1.82) is 0 Å². The summed E-state index contributed by atoms with van der Waals surface area (Å²) in [5.41, 5.74) is 5.00. The highest BCUT2D eigenvalue weighted by Gasteiger charge is 2.26. The van der Waals surface area contributed by atoms with Crippen LogP contribution in [0.1, 0.15) is 25.7 Å². The molecule has 2 atom stereocenters. The fraction of sp³-hybridized carbons (Fsp3) is 0.600. The van der Waals surface area contributed by atoms with Gasteiger partial charge in [0.2, 0.25) is 5.91 Å². The Hall–Kier alpha value is -2.16. The van der Waals surface area contributed by atoms with Gasteiger partial charge in [0.25, 0.3) is 0 Å². The van der Waals surface area contributed by atoms with E-state index in [4.69, 9.17) is 21.1 Å². The van der Waals surface area contributed by atoms with Crippen LogP contribution in [0, 0.1) is 0 Å². The van der Waals surface area contributed by atoms with Crippen molar-refractivity contribution in [2.24, 2.45) is 5.73 Å². The normalized spacial score (nSPS) is 18.8.